The molecule has 0 aliphatic rings. The summed E-state index contributed by atoms with van der Waals surface area (Å²) < 4.78 is 21.8. The Kier molecular flexibility index (Phi) is 5.12. The highest BCUT2D eigenvalue weighted by Crippen LogP contribution is 2.30. The van der Waals surface area contributed by atoms with Gasteiger partial charge >= 0.3 is 5.97 Å². The van der Waals surface area contributed by atoms with Crippen LogP contribution in [-0.2, 0) is 13.0 Å². The number of pyridine rings is 1. The summed E-state index contributed by atoms with van der Waals surface area (Å²) in [6.07, 6.45) is 1.81. The molecule has 0 aliphatic carbocycles. The van der Waals surface area contributed by atoms with Crippen molar-refractivity contribution in [1.29, 1.82) is 0 Å². The molecule has 27 heavy (non-hydrogen) atoms. The SMILES string of the molecule is CCn1cc(C(=O)O)c(=O)c2c(N)c(F)c(OCCc3ccccc3)cc21. The number of hydrogen-bond acceptors (Lipinski definition) is 4. The fourth-order valence-electron chi connectivity index (χ4n) is 2.97. The number of hydrogen-bond donors (Lipinski definition) is 2. The molecule has 1 heterocycles. The van der Waals surface area contributed by atoms with Crippen LogP contribution in [0.5, 0.6) is 5.75 Å². The molecule has 140 valence electrons. The maximum atomic E-state index is 14.7. The summed E-state index contributed by atoms with van der Waals surface area (Å²) in [5, 5.41) is 9.06. The van der Waals surface area contributed by atoms with Crippen molar-refractivity contribution >= 4 is 22.6 Å². The Morgan fingerprint density at radius 2 is 2.00 bits per heavy atom. The third kappa shape index (κ3) is 3.48. The lowest BCUT2D eigenvalue weighted by atomic mass is 10.1. The van der Waals surface area contributed by atoms with Crippen LogP contribution in [0.3, 0.4) is 0 Å². The van der Waals surface area contributed by atoms with Crippen molar-refractivity contribution in [2.24, 2.45) is 0 Å². The topological polar surface area (TPSA) is 94.6 Å². The second-order valence-electron chi connectivity index (χ2n) is 6.04. The first-order chi connectivity index (χ1) is 12.9. The first-order valence-corrected chi connectivity index (χ1v) is 8.49. The molecule has 2 aromatic carbocycles. The Bertz CT molecular complexity index is 1060. The summed E-state index contributed by atoms with van der Waals surface area (Å²) >= 11 is 0. The van der Waals surface area contributed by atoms with Crippen LogP contribution in [0, 0.1) is 5.82 Å². The van der Waals surface area contributed by atoms with Crippen LogP contribution in [0.1, 0.15) is 22.8 Å². The fraction of sp³-hybridized carbons (Fsp3) is 0.200. The van der Waals surface area contributed by atoms with E-state index in [4.69, 9.17) is 10.5 Å². The molecule has 0 bridgehead atoms. The van der Waals surface area contributed by atoms with Crippen molar-refractivity contribution in [1.82, 2.24) is 4.57 Å². The van der Waals surface area contributed by atoms with Crippen molar-refractivity contribution in [2.75, 3.05) is 12.3 Å². The second kappa shape index (κ2) is 7.49. The number of halogens is 1. The van der Waals surface area contributed by atoms with Crippen molar-refractivity contribution in [3.8, 4) is 5.75 Å². The Morgan fingerprint density at radius 1 is 1.30 bits per heavy atom. The lowest BCUT2D eigenvalue weighted by molar-refractivity contribution is 0.0695. The number of fused-ring (bicyclic) bond motifs is 1. The molecule has 0 radical (unpaired) electrons. The standard InChI is InChI=1S/C20H19FN2O4/c1-2-23-11-13(20(25)26)19(24)16-14(23)10-15(17(21)18(16)22)27-9-8-12-6-4-3-5-7-12/h3-7,10-11H,2,8-9,22H2,1H3,(H,25,26). The van der Waals surface area contributed by atoms with E-state index in [0.717, 1.165) is 5.56 Å². The molecule has 6 nitrogen and oxygen atoms in total. The Balaban J connectivity index is 2.03. The molecule has 7 heteroatoms. The van der Waals surface area contributed by atoms with Gasteiger partial charge in [-0.25, -0.2) is 9.18 Å². The molecular formula is C20H19FN2O4. The quantitative estimate of drug-likeness (QED) is 0.651. The average molecular weight is 370 g/mol. The lowest BCUT2D eigenvalue weighted by Gasteiger charge is -2.15. The van der Waals surface area contributed by atoms with Crippen LogP contribution in [0.25, 0.3) is 10.9 Å². The van der Waals surface area contributed by atoms with Crippen molar-refractivity contribution in [2.45, 2.75) is 19.9 Å². The van der Waals surface area contributed by atoms with E-state index in [1.54, 1.807) is 11.5 Å². The van der Waals surface area contributed by atoms with Crippen LogP contribution < -0.4 is 15.9 Å². The van der Waals surface area contributed by atoms with Gasteiger partial charge in [0.1, 0.15) is 5.56 Å². The monoisotopic (exact) mass is 370 g/mol. The van der Waals surface area contributed by atoms with Gasteiger partial charge < -0.3 is 20.1 Å². The number of aryl methyl sites for hydroxylation is 1. The number of nitrogen functional groups attached to an aromatic ring is 1. The van der Waals surface area contributed by atoms with Gasteiger partial charge in [0.2, 0.25) is 5.43 Å². The van der Waals surface area contributed by atoms with Crippen molar-refractivity contribution in [3.05, 3.63) is 69.8 Å². The highest BCUT2D eigenvalue weighted by molar-refractivity contribution is 5.98. The van der Waals surface area contributed by atoms with Crippen LogP contribution >= 0.6 is 0 Å². The third-order valence-electron chi connectivity index (χ3n) is 4.37. The molecule has 0 amide bonds. The molecular weight excluding hydrogens is 351 g/mol. The lowest BCUT2D eigenvalue weighted by Crippen LogP contribution is -2.20. The Labute approximate surface area is 154 Å². The molecule has 0 spiro atoms. The molecule has 1 aromatic heterocycles. The van der Waals surface area contributed by atoms with Gasteiger partial charge in [0, 0.05) is 25.2 Å². The van der Waals surface area contributed by atoms with Crippen LogP contribution in [0.2, 0.25) is 0 Å². The minimum atomic E-state index is -1.38. The van der Waals surface area contributed by atoms with Gasteiger partial charge in [-0.1, -0.05) is 30.3 Å². The molecule has 0 fully saturated rings. The predicted octanol–water partition coefficient (Wildman–Crippen LogP) is 3.06. The zero-order valence-electron chi connectivity index (χ0n) is 14.7. The third-order valence-corrected chi connectivity index (χ3v) is 4.37. The minimum Gasteiger partial charge on any atom is -0.490 e. The molecule has 3 rings (SSSR count). The summed E-state index contributed by atoms with van der Waals surface area (Å²) in [4.78, 5) is 23.7. The number of rotatable bonds is 6. The highest BCUT2D eigenvalue weighted by Gasteiger charge is 2.21. The number of nitrogens with zero attached hydrogens (tertiary/aromatic N) is 1. The normalized spacial score (nSPS) is 10.9. The van der Waals surface area contributed by atoms with E-state index in [-0.39, 0.29) is 17.7 Å². The van der Waals surface area contributed by atoms with Gasteiger partial charge in [-0.2, -0.15) is 0 Å². The molecule has 0 unspecified atom stereocenters. The number of ether oxygens (including phenoxy) is 1. The number of anilines is 1. The summed E-state index contributed by atoms with van der Waals surface area (Å²) in [7, 11) is 0. The van der Waals surface area contributed by atoms with Crippen molar-refractivity contribution in [3.63, 3.8) is 0 Å². The largest absolute Gasteiger partial charge is 0.490 e. The molecule has 0 saturated heterocycles. The van der Waals surface area contributed by atoms with E-state index >= 15 is 0 Å². The van der Waals surface area contributed by atoms with Crippen LogP contribution in [-0.4, -0.2) is 22.2 Å². The molecule has 3 aromatic rings. The van der Waals surface area contributed by atoms with E-state index < -0.39 is 28.5 Å². The first-order valence-electron chi connectivity index (χ1n) is 8.49. The van der Waals surface area contributed by atoms with Gasteiger partial charge in [-0.3, -0.25) is 4.79 Å². The van der Waals surface area contributed by atoms with E-state index in [0.29, 0.717) is 18.5 Å². The fourth-order valence-corrected chi connectivity index (χ4v) is 2.97. The Morgan fingerprint density at radius 3 is 2.63 bits per heavy atom. The Hall–Kier alpha value is -3.35. The number of nitrogens with two attached hydrogens (primary N) is 1. The first kappa shape index (κ1) is 18.4. The average Bonchev–Trinajstić information content (AvgIpc) is 2.66. The number of carboxylic acids is 1. The smallest absolute Gasteiger partial charge is 0.341 e. The zero-order chi connectivity index (χ0) is 19.6. The maximum absolute atomic E-state index is 14.7. The number of aromatic carboxylic acids is 1. The van der Waals surface area contributed by atoms with Gasteiger partial charge in [0.05, 0.1) is 23.2 Å². The zero-order valence-corrected chi connectivity index (χ0v) is 14.7. The second-order valence-corrected chi connectivity index (χ2v) is 6.04. The van der Waals surface area contributed by atoms with Crippen LogP contribution in [0.4, 0.5) is 10.1 Å². The van der Waals surface area contributed by atoms with E-state index in [9.17, 15) is 19.1 Å². The van der Waals surface area contributed by atoms with Gasteiger partial charge in [0.25, 0.3) is 0 Å². The van der Waals surface area contributed by atoms with Crippen molar-refractivity contribution < 1.29 is 19.0 Å². The molecule has 3 N–H and O–H groups in total. The molecule has 0 aliphatic heterocycles. The summed E-state index contributed by atoms with van der Waals surface area (Å²) in [5.41, 5.74) is 5.55. The van der Waals surface area contributed by atoms with E-state index in [1.807, 2.05) is 30.3 Å². The number of benzene rings is 2. The number of carbonyl (C=O) groups is 1. The summed E-state index contributed by atoms with van der Waals surface area (Å²) in [6, 6.07) is 11.0. The minimum absolute atomic E-state index is 0.0689. The van der Waals surface area contributed by atoms with Gasteiger partial charge in [0.15, 0.2) is 11.6 Å². The number of carboxylic acid groups (broad SMARTS) is 1. The predicted molar refractivity (Wildman–Crippen MR) is 101 cm³/mol. The van der Waals surface area contributed by atoms with E-state index in [1.165, 1.54) is 12.3 Å². The summed E-state index contributed by atoms with van der Waals surface area (Å²) in [5.74, 6) is -2.31. The maximum Gasteiger partial charge on any atom is 0.341 e. The molecule has 0 atom stereocenters. The van der Waals surface area contributed by atoms with E-state index in [2.05, 4.69) is 0 Å². The van der Waals surface area contributed by atoms with Gasteiger partial charge in [-0.15, -0.1) is 0 Å². The van der Waals surface area contributed by atoms with Gasteiger partial charge in [-0.05, 0) is 12.5 Å². The van der Waals surface area contributed by atoms with Crippen LogP contribution in [0.15, 0.2) is 47.4 Å². The highest BCUT2D eigenvalue weighted by atomic mass is 19.1. The summed E-state index contributed by atoms with van der Waals surface area (Å²) in [6.45, 7) is 2.39. The number of aromatic nitrogens is 1. The molecule has 0 saturated carbocycles.